The lowest BCUT2D eigenvalue weighted by atomic mass is 10.2. The lowest BCUT2D eigenvalue weighted by Crippen LogP contribution is -2.29. The van der Waals surface area contributed by atoms with Gasteiger partial charge in [0.05, 0.1) is 25.5 Å². The Morgan fingerprint density at radius 1 is 1.14 bits per heavy atom. The van der Waals surface area contributed by atoms with Crippen molar-refractivity contribution < 1.29 is 18.7 Å². The molecule has 1 saturated heterocycles. The number of ether oxygens (including phenoxy) is 2. The standard InChI is InChI=1S/C22H23NO4S/c24-22(17-7-9-18(10-8-17)27-16-20-5-2-12-26-20)23(14-19-4-1-11-25-19)15-21-6-3-13-28-21/h1,3-4,6-11,13,20H,2,5,12,14-16H2. The third-order valence-corrected chi connectivity index (χ3v) is 5.56. The van der Waals surface area contributed by atoms with Crippen molar-refractivity contribution in [1.82, 2.24) is 4.90 Å². The molecule has 0 radical (unpaired) electrons. The molecule has 6 heteroatoms. The smallest absolute Gasteiger partial charge is 0.254 e. The van der Waals surface area contributed by atoms with Crippen LogP contribution in [0.1, 0.15) is 33.8 Å². The van der Waals surface area contributed by atoms with E-state index < -0.39 is 0 Å². The molecule has 1 aromatic carbocycles. The Hall–Kier alpha value is -2.57. The number of hydrogen-bond acceptors (Lipinski definition) is 5. The van der Waals surface area contributed by atoms with Crippen molar-refractivity contribution in [3.63, 3.8) is 0 Å². The summed E-state index contributed by atoms with van der Waals surface area (Å²) in [6.45, 7) is 2.35. The fourth-order valence-corrected chi connectivity index (χ4v) is 3.94. The van der Waals surface area contributed by atoms with Gasteiger partial charge in [-0.1, -0.05) is 6.07 Å². The Labute approximate surface area is 168 Å². The van der Waals surface area contributed by atoms with E-state index >= 15 is 0 Å². The van der Waals surface area contributed by atoms with E-state index in [1.54, 1.807) is 22.5 Å². The molecule has 0 N–H and O–H groups in total. The second-order valence-corrected chi connectivity index (χ2v) is 7.82. The molecule has 0 aliphatic carbocycles. The van der Waals surface area contributed by atoms with Crippen LogP contribution in [0.4, 0.5) is 0 Å². The molecule has 1 aliphatic rings. The van der Waals surface area contributed by atoms with E-state index in [2.05, 4.69) is 0 Å². The summed E-state index contributed by atoms with van der Waals surface area (Å²) < 4.78 is 16.8. The first kappa shape index (κ1) is 18.8. The first-order chi connectivity index (χ1) is 13.8. The maximum Gasteiger partial charge on any atom is 0.254 e. The molecule has 4 rings (SSSR count). The van der Waals surface area contributed by atoms with Gasteiger partial charge in [0.2, 0.25) is 0 Å². The summed E-state index contributed by atoms with van der Waals surface area (Å²) in [4.78, 5) is 16.0. The van der Waals surface area contributed by atoms with Gasteiger partial charge in [0.1, 0.15) is 18.1 Å². The zero-order chi connectivity index (χ0) is 19.2. The summed E-state index contributed by atoms with van der Waals surface area (Å²) in [5.41, 5.74) is 0.632. The van der Waals surface area contributed by atoms with Crippen molar-refractivity contribution >= 4 is 17.2 Å². The maximum absolute atomic E-state index is 13.1. The van der Waals surface area contributed by atoms with Crippen LogP contribution >= 0.6 is 11.3 Å². The molecule has 1 amide bonds. The van der Waals surface area contributed by atoms with Crippen LogP contribution in [0.15, 0.2) is 64.6 Å². The molecule has 1 fully saturated rings. The van der Waals surface area contributed by atoms with Crippen molar-refractivity contribution in [3.05, 3.63) is 76.4 Å². The first-order valence-corrected chi connectivity index (χ1v) is 10.3. The number of rotatable bonds is 8. The number of benzene rings is 1. The normalized spacial score (nSPS) is 16.2. The van der Waals surface area contributed by atoms with E-state index in [4.69, 9.17) is 13.9 Å². The SMILES string of the molecule is O=C(c1ccc(OCC2CCCO2)cc1)N(Cc1ccco1)Cc1cccs1. The molecule has 1 unspecified atom stereocenters. The van der Waals surface area contributed by atoms with Crippen LogP contribution in [0.25, 0.3) is 0 Å². The van der Waals surface area contributed by atoms with Crippen LogP contribution in [0, 0.1) is 0 Å². The second-order valence-electron chi connectivity index (χ2n) is 6.79. The predicted molar refractivity (Wildman–Crippen MR) is 108 cm³/mol. The Bertz CT molecular complexity index is 816. The highest BCUT2D eigenvalue weighted by Crippen LogP contribution is 2.20. The maximum atomic E-state index is 13.1. The van der Waals surface area contributed by atoms with Crippen LogP contribution in [0.5, 0.6) is 5.75 Å². The number of nitrogens with zero attached hydrogens (tertiary/aromatic N) is 1. The summed E-state index contributed by atoms with van der Waals surface area (Å²) in [5.74, 6) is 1.49. The van der Waals surface area contributed by atoms with Crippen molar-refractivity contribution in [2.75, 3.05) is 13.2 Å². The average molecular weight is 397 g/mol. The van der Waals surface area contributed by atoms with E-state index in [1.807, 2.05) is 53.9 Å². The topological polar surface area (TPSA) is 51.9 Å². The predicted octanol–water partition coefficient (Wildman–Crippen LogP) is 4.74. The van der Waals surface area contributed by atoms with Gasteiger partial charge in [-0.05, 0) is 60.7 Å². The van der Waals surface area contributed by atoms with Gasteiger partial charge in [-0.2, -0.15) is 0 Å². The fraction of sp³-hybridized carbons (Fsp3) is 0.318. The second kappa shape index (κ2) is 9.08. The average Bonchev–Trinajstić information content (AvgIpc) is 3.49. The third-order valence-electron chi connectivity index (χ3n) is 4.70. The van der Waals surface area contributed by atoms with E-state index in [-0.39, 0.29) is 12.0 Å². The van der Waals surface area contributed by atoms with Crippen molar-refractivity contribution in [3.8, 4) is 5.75 Å². The highest BCUT2D eigenvalue weighted by Gasteiger charge is 2.19. The molecule has 0 spiro atoms. The summed E-state index contributed by atoms with van der Waals surface area (Å²) in [6.07, 6.45) is 3.94. The number of furan rings is 1. The lowest BCUT2D eigenvalue weighted by molar-refractivity contribution is 0.0677. The summed E-state index contributed by atoms with van der Waals surface area (Å²) in [7, 11) is 0. The minimum absolute atomic E-state index is 0.0320. The van der Waals surface area contributed by atoms with E-state index in [0.717, 1.165) is 35.8 Å². The van der Waals surface area contributed by atoms with Crippen molar-refractivity contribution in [1.29, 1.82) is 0 Å². The molecule has 1 atom stereocenters. The minimum Gasteiger partial charge on any atom is -0.491 e. The highest BCUT2D eigenvalue weighted by atomic mass is 32.1. The highest BCUT2D eigenvalue weighted by molar-refractivity contribution is 7.09. The number of carbonyl (C=O) groups is 1. The Kier molecular flexibility index (Phi) is 6.09. The van der Waals surface area contributed by atoms with Crippen molar-refractivity contribution in [2.24, 2.45) is 0 Å². The van der Waals surface area contributed by atoms with Gasteiger partial charge in [0.15, 0.2) is 0 Å². The minimum atomic E-state index is -0.0320. The van der Waals surface area contributed by atoms with E-state index in [9.17, 15) is 4.79 Å². The Morgan fingerprint density at radius 2 is 2.04 bits per heavy atom. The largest absolute Gasteiger partial charge is 0.491 e. The molecule has 1 aliphatic heterocycles. The van der Waals surface area contributed by atoms with Gasteiger partial charge in [-0.3, -0.25) is 4.79 Å². The molecule has 2 aromatic heterocycles. The molecule has 5 nitrogen and oxygen atoms in total. The molecule has 3 aromatic rings. The van der Waals surface area contributed by atoms with Crippen LogP contribution in [0.2, 0.25) is 0 Å². The van der Waals surface area contributed by atoms with Gasteiger partial charge >= 0.3 is 0 Å². The molecule has 0 saturated carbocycles. The van der Waals surface area contributed by atoms with Gasteiger partial charge in [0, 0.05) is 17.0 Å². The monoisotopic (exact) mass is 397 g/mol. The number of thiophene rings is 1. The third kappa shape index (κ3) is 4.82. The first-order valence-electron chi connectivity index (χ1n) is 9.46. The number of hydrogen-bond donors (Lipinski definition) is 0. The Morgan fingerprint density at radius 3 is 2.71 bits per heavy atom. The van der Waals surface area contributed by atoms with E-state index in [0.29, 0.717) is 25.3 Å². The van der Waals surface area contributed by atoms with Gasteiger partial charge in [-0.15, -0.1) is 11.3 Å². The van der Waals surface area contributed by atoms with Crippen LogP contribution in [-0.2, 0) is 17.8 Å². The number of amides is 1. The quantitative estimate of drug-likeness (QED) is 0.551. The zero-order valence-corrected chi connectivity index (χ0v) is 16.4. The summed E-state index contributed by atoms with van der Waals surface area (Å²) in [6, 6.07) is 15.1. The fourth-order valence-electron chi connectivity index (χ4n) is 3.22. The summed E-state index contributed by atoms with van der Waals surface area (Å²) in [5, 5.41) is 2.02. The van der Waals surface area contributed by atoms with Crippen molar-refractivity contribution in [2.45, 2.75) is 32.0 Å². The van der Waals surface area contributed by atoms with Crippen LogP contribution in [0.3, 0.4) is 0 Å². The lowest BCUT2D eigenvalue weighted by Gasteiger charge is -2.21. The molecule has 146 valence electrons. The number of carbonyl (C=O) groups excluding carboxylic acids is 1. The molecular weight excluding hydrogens is 374 g/mol. The van der Waals surface area contributed by atoms with Crippen LogP contribution < -0.4 is 4.74 Å². The van der Waals surface area contributed by atoms with Gasteiger partial charge < -0.3 is 18.8 Å². The molecular formula is C22H23NO4S. The van der Waals surface area contributed by atoms with Gasteiger partial charge in [-0.25, -0.2) is 0 Å². The molecule has 3 heterocycles. The van der Waals surface area contributed by atoms with E-state index in [1.165, 1.54) is 0 Å². The zero-order valence-electron chi connectivity index (χ0n) is 15.6. The Balaban J connectivity index is 1.42. The molecule has 28 heavy (non-hydrogen) atoms. The van der Waals surface area contributed by atoms with Crippen LogP contribution in [-0.4, -0.2) is 30.1 Å². The summed E-state index contributed by atoms with van der Waals surface area (Å²) >= 11 is 1.64. The molecule has 0 bridgehead atoms. The van der Waals surface area contributed by atoms with Gasteiger partial charge in [0.25, 0.3) is 5.91 Å².